The van der Waals surface area contributed by atoms with E-state index in [-0.39, 0.29) is 0 Å². The highest BCUT2D eigenvalue weighted by Gasteiger charge is 2.15. The van der Waals surface area contributed by atoms with Crippen LogP contribution in [0.25, 0.3) is 0 Å². The first-order valence-electron chi connectivity index (χ1n) is 4.23. The molecule has 0 aliphatic carbocycles. The minimum atomic E-state index is 0.577. The predicted molar refractivity (Wildman–Crippen MR) is 54.4 cm³/mol. The summed E-state index contributed by atoms with van der Waals surface area (Å²) in [7, 11) is 3.77. The molecule has 0 aromatic carbocycles. The molecule has 73 valence electrons. The van der Waals surface area contributed by atoms with E-state index in [9.17, 15) is 0 Å². The number of rotatable bonds is 1. The van der Waals surface area contributed by atoms with Gasteiger partial charge in [0, 0.05) is 20.2 Å². The van der Waals surface area contributed by atoms with E-state index in [1.54, 1.807) is 4.68 Å². The quantitative estimate of drug-likeness (QED) is 0.631. The van der Waals surface area contributed by atoms with Crippen LogP contribution in [-0.4, -0.2) is 29.1 Å². The summed E-state index contributed by atoms with van der Waals surface area (Å²) in [5, 5.41) is 15.8. The predicted octanol–water partition coefficient (Wildman–Crippen LogP) is 0.0820. The topological polar surface area (TPSA) is 59.9 Å². The first kappa shape index (κ1) is 8.74. The van der Waals surface area contributed by atoms with Crippen LogP contribution in [-0.2, 0) is 7.05 Å². The van der Waals surface area contributed by atoms with Gasteiger partial charge in [0.1, 0.15) is 12.2 Å². The second-order valence-electron chi connectivity index (χ2n) is 3.09. The standard InChI is InChI=1S/C8H11N6/c1-6-4-7(14(3)12-6)13(2)8-9-5-10-11-8/h4-5H,1-3H3. The molecule has 0 amide bonds. The Morgan fingerprint density at radius 2 is 2.21 bits per heavy atom. The monoisotopic (exact) mass is 191 g/mol. The number of guanidine groups is 1. The van der Waals surface area contributed by atoms with Crippen LogP contribution in [0.2, 0.25) is 0 Å². The molecule has 1 aliphatic rings. The number of aryl methyl sites for hydroxylation is 2. The summed E-state index contributed by atoms with van der Waals surface area (Å²) in [5.74, 6) is 1.52. The van der Waals surface area contributed by atoms with Gasteiger partial charge < -0.3 is 0 Å². The van der Waals surface area contributed by atoms with E-state index in [4.69, 9.17) is 0 Å². The first-order valence-corrected chi connectivity index (χ1v) is 4.23. The lowest BCUT2D eigenvalue weighted by Gasteiger charge is -2.15. The van der Waals surface area contributed by atoms with Crippen LogP contribution < -0.4 is 10.2 Å². The first-order chi connectivity index (χ1) is 6.68. The molecule has 6 nitrogen and oxygen atoms in total. The normalized spacial score (nSPS) is 14.1. The van der Waals surface area contributed by atoms with Gasteiger partial charge in [-0.2, -0.15) is 10.4 Å². The van der Waals surface area contributed by atoms with Crippen molar-refractivity contribution in [1.82, 2.24) is 15.1 Å². The highest BCUT2D eigenvalue weighted by Crippen LogP contribution is 2.13. The fourth-order valence-electron chi connectivity index (χ4n) is 1.35. The van der Waals surface area contributed by atoms with Gasteiger partial charge in [0.05, 0.1) is 5.69 Å². The summed E-state index contributed by atoms with van der Waals surface area (Å²) in [4.78, 5) is 1.84. The Balaban J connectivity index is 2.26. The molecule has 1 aromatic heterocycles. The minimum absolute atomic E-state index is 0.577. The molecule has 0 N–H and O–H groups in total. The van der Waals surface area contributed by atoms with E-state index in [0.29, 0.717) is 5.96 Å². The van der Waals surface area contributed by atoms with Gasteiger partial charge in [-0.25, -0.2) is 0 Å². The fraction of sp³-hybridized carbons (Fsp3) is 0.375. The number of aromatic nitrogens is 2. The van der Waals surface area contributed by atoms with Crippen molar-refractivity contribution in [3.05, 3.63) is 11.8 Å². The molecular weight excluding hydrogens is 180 g/mol. The highest BCUT2D eigenvalue weighted by molar-refractivity contribution is 6.02. The van der Waals surface area contributed by atoms with Crippen molar-refractivity contribution in [2.75, 3.05) is 11.9 Å². The minimum Gasteiger partial charge on any atom is -0.297 e. The molecule has 14 heavy (non-hydrogen) atoms. The molecule has 0 bridgehead atoms. The van der Waals surface area contributed by atoms with Gasteiger partial charge in [0.15, 0.2) is 0 Å². The van der Waals surface area contributed by atoms with Crippen LogP contribution in [0.5, 0.6) is 0 Å². The molecule has 0 fully saturated rings. The fourth-order valence-corrected chi connectivity index (χ4v) is 1.35. The van der Waals surface area contributed by atoms with E-state index < -0.39 is 0 Å². The maximum Gasteiger partial charge on any atom is 0.252 e. The second-order valence-corrected chi connectivity index (χ2v) is 3.09. The van der Waals surface area contributed by atoms with Gasteiger partial charge in [0.25, 0.3) is 5.96 Å². The largest absolute Gasteiger partial charge is 0.297 e. The SMILES string of the molecule is Cc1cc(N(C)C2=NN=C[N]2)n(C)n1. The molecule has 0 unspecified atom stereocenters. The second kappa shape index (κ2) is 3.13. The molecule has 1 aromatic rings. The maximum absolute atomic E-state index is 4.24. The summed E-state index contributed by atoms with van der Waals surface area (Å²) in [6.07, 6.45) is 1.43. The Labute approximate surface area is 81.9 Å². The number of hydrogen-bond donors (Lipinski definition) is 0. The summed E-state index contributed by atoms with van der Waals surface area (Å²) in [6, 6.07) is 1.97. The summed E-state index contributed by atoms with van der Waals surface area (Å²) in [5.41, 5.74) is 0.967. The molecule has 1 aliphatic heterocycles. The van der Waals surface area contributed by atoms with Crippen molar-refractivity contribution in [3.63, 3.8) is 0 Å². The zero-order chi connectivity index (χ0) is 10.1. The molecule has 0 saturated heterocycles. The van der Waals surface area contributed by atoms with Crippen LogP contribution in [0.15, 0.2) is 16.3 Å². The highest BCUT2D eigenvalue weighted by atomic mass is 15.5. The van der Waals surface area contributed by atoms with Gasteiger partial charge in [-0.1, -0.05) is 0 Å². The van der Waals surface area contributed by atoms with Crippen LogP contribution in [0.4, 0.5) is 5.82 Å². The lowest BCUT2D eigenvalue weighted by Crippen LogP contribution is -2.32. The van der Waals surface area contributed by atoms with Crippen molar-refractivity contribution in [3.8, 4) is 0 Å². The maximum atomic E-state index is 4.24. The van der Waals surface area contributed by atoms with Crippen LogP contribution in [0, 0.1) is 6.92 Å². The molecule has 0 atom stereocenters. The van der Waals surface area contributed by atoms with Crippen LogP contribution in [0.3, 0.4) is 0 Å². The molecule has 1 radical (unpaired) electrons. The van der Waals surface area contributed by atoms with Crippen molar-refractivity contribution in [1.29, 1.82) is 0 Å². The Morgan fingerprint density at radius 3 is 2.71 bits per heavy atom. The Kier molecular flexibility index (Phi) is 1.95. The van der Waals surface area contributed by atoms with E-state index in [2.05, 4.69) is 20.6 Å². The smallest absolute Gasteiger partial charge is 0.252 e. The lowest BCUT2D eigenvalue weighted by atomic mass is 10.4. The van der Waals surface area contributed by atoms with Crippen LogP contribution in [0.1, 0.15) is 5.69 Å². The Morgan fingerprint density at radius 1 is 1.43 bits per heavy atom. The van der Waals surface area contributed by atoms with E-state index in [1.165, 1.54) is 6.34 Å². The van der Waals surface area contributed by atoms with E-state index in [1.807, 2.05) is 32.0 Å². The zero-order valence-corrected chi connectivity index (χ0v) is 8.34. The number of hydrogen-bond acceptors (Lipinski definition) is 4. The Hall–Kier alpha value is -1.85. The summed E-state index contributed by atoms with van der Waals surface area (Å²) < 4.78 is 1.78. The van der Waals surface area contributed by atoms with E-state index >= 15 is 0 Å². The van der Waals surface area contributed by atoms with Gasteiger partial charge in [-0.15, -0.1) is 10.2 Å². The number of nitrogens with zero attached hydrogens (tertiary/aromatic N) is 6. The summed E-state index contributed by atoms with van der Waals surface area (Å²) >= 11 is 0. The van der Waals surface area contributed by atoms with Crippen molar-refractivity contribution in [2.24, 2.45) is 17.3 Å². The van der Waals surface area contributed by atoms with Gasteiger partial charge in [-0.05, 0) is 6.92 Å². The van der Waals surface area contributed by atoms with Gasteiger partial charge in [-0.3, -0.25) is 9.58 Å². The molecular formula is C8H11N6. The molecule has 2 rings (SSSR count). The average molecular weight is 191 g/mol. The van der Waals surface area contributed by atoms with E-state index in [0.717, 1.165) is 11.5 Å². The molecule has 0 saturated carbocycles. The molecule has 0 spiro atoms. The molecule has 6 heteroatoms. The van der Waals surface area contributed by atoms with Crippen molar-refractivity contribution >= 4 is 18.1 Å². The summed E-state index contributed by atoms with van der Waals surface area (Å²) in [6.45, 7) is 1.95. The molecule has 2 heterocycles. The lowest BCUT2D eigenvalue weighted by molar-refractivity contribution is 0.752. The van der Waals surface area contributed by atoms with Crippen LogP contribution >= 0.6 is 0 Å². The average Bonchev–Trinajstić information content (AvgIpc) is 2.73. The van der Waals surface area contributed by atoms with Crippen molar-refractivity contribution in [2.45, 2.75) is 6.92 Å². The van der Waals surface area contributed by atoms with Gasteiger partial charge >= 0.3 is 0 Å². The zero-order valence-electron chi connectivity index (χ0n) is 8.34. The third-order valence-corrected chi connectivity index (χ3v) is 1.99. The number of anilines is 1. The Bertz CT molecular complexity index is 402. The van der Waals surface area contributed by atoms with Gasteiger partial charge in [0.2, 0.25) is 0 Å². The third-order valence-electron chi connectivity index (χ3n) is 1.99. The van der Waals surface area contributed by atoms with Crippen molar-refractivity contribution < 1.29 is 0 Å². The third kappa shape index (κ3) is 1.34.